The summed E-state index contributed by atoms with van der Waals surface area (Å²) in [6.07, 6.45) is 1.10. The lowest BCUT2D eigenvalue weighted by atomic mass is 10.2. The van der Waals surface area contributed by atoms with Gasteiger partial charge in [0, 0.05) is 6.04 Å². The first-order valence-electron chi connectivity index (χ1n) is 6.87. The van der Waals surface area contributed by atoms with Crippen LogP contribution in [-0.4, -0.2) is 51.8 Å². The van der Waals surface area contributed by atoms with E-state index in [1.165, 1.54) is 0 Å². The summed E-state index contributed by atoms with van der Waals surface area (Å²) >= 11 is 0. The van der Waals surface area contributed by atoms with Crippen LogP contribution in [0.25, 0.3) is 5.69 Å². The monoisotopic (exact) mass is 274 g/mol. The Balaban J connectivity index is 1.93. The molecule has 1 unspecified atom stereocenters. The topological polar surface area (TPSA) is 58.9 Å². The van der Waals surface area contributed by atoms with Gasteiger partial charge in [0.1, 0.15) is 0 Å². The van der Waals surface area contributed by atoms with E-state index in [2.05, 4.69) is 46.8 Å². The molecule has 0 aliphatic rings. The molecule has 1 N–H and O–H groups in total. The number of nitrogens with zero attached hydrogens (tertiary/aromatic N) is 5. The van der Waals surface area contributed by atoms with Crippen LogP contribution >= 0.6 is 0 Å². The van der Waals surface area contributed by atoms with E-state index in [1.807, 2.05) is 30.3 Å². The lowest BCUT2D eigenvalue weighted by Gasteiger charge is -2.16. The fourth-order valence-electron chi connectivity index (χ4n) is 1.91. The van der Waals surface area contributed by atoms with Gasteiger partial charge < -0.3 is 10.2 Å². The van der Waals surface area contributed by atoms with Gasteiger partial charge in [-0.3, -0.25) is 0 Å². The number of hydrogen-bond acceptors (Lipinski definition) is 5. The molecule has 6 heteroatoms. The molecule has 0 bridgehead atoms. The van der Waals surface area contributed by atoms with E-state index < -0.39 is 0 Å². The smallest absolute Gasteiger partial charge is 0.170 e. The minimum absolute atomic E-state index is 0.429. The van der Waals surface area contributed by atoms with Crippen molar-refractivity contribution in [3.63, 3.8) is 0 Å². The molecule has 0 saturated carbocycles. The van der Waals surface area contributed by atoms with E-state index in [0.29, 0.717) is 12.6 Å². The van der Waals surface area contributed by atoms with Gasteiger partial charge in [-0.15, -0.1) is 5.10 Å². The second-order valence-electron chi connectivity index (χ2n) is 5.22. The fourth-order valence-corrected chi connectivity index (χ4v) is 1.91. The van der Waals surface area contributed by atoms with Crippen molar-refractivity contribution in [3.05, 3.63) is 36.2 Å². The predicted octanol–water partition coefficient (Wildman–Crippen LogP) is 1.09. The molecule has 1 aromatic carbocycles. The van der Waals surface area contributed by atoms with Gasteiger partial charge in [0.05, 0.1) is 12.2 Å². The van der Waals surface area contributed by atoms with E-state index in [4.69, 9.17) is 0 Å². The highest BCUT2D eigenvalue weighted by atomic mass is 15.5. The number of hydrogen-bond donors (Lipinski definition) is 1. The molecule has 0 aliphatic heterocycles. The maximum absolute atomic E-state index is 4.09. The summed E-state index contributed by atoms with van der Waals surface area (Å²) in [6, 6.07) is 10.4. The van der Waals surface area contributed by atoms with Crippen LogP contribution in [0.3, 0.4) is 0 Å². The van der Waals surface area contributed by atoms with Gasteiger partial charge in [0.2, 0.25) is 0 Å². The molecule has 2 rings (SSSR count). The Hall–Kier alpha value is -1.79. The van der Waals surface area contributed by atoms with Crippen LogP contribution in [0, 0.1) is 0 Å². The van der Waals surface area contributed by atoms with Gasteiger partial charge >= 0.3 is 0 Å². The van der Waals surface area contributed by atoms with Crippen LogP contribution in [0.1, 0.15) is 19.2 Å². The van der Waals surface area contributed by atoms with Crippen LogP contribution < -0.4 is 5.32 Å². The standard InChI is InChI=1S/C14H22N6/c1-12(9-10-19(2)3)15-11-14-16-17-18-20(14)13-7-5-4-6-8-13/h4-8,12,15H,9-11H2,1-3H3. The zero-order valence-corrected chi connectivity index (χ0v) is 12.3. The minimum atomic E-state index is 0.429. The first-order valence-corrected chi connectivity index (χ1v) is 6.87. The molecule has 0 spiro atoms. The van der Waals surface area contributed by atoms with E-state index in [1.54, 1.807) is 4.68 Å². The first kappa shape index (κ1) is 14.6. The Labute approximate surface area is 119 Å². The Bertz CT molecular complexity index is 507. The van der Waals surface area contributed by atoms with Crippen molar-refractivity contribution >= 4 is 0 Å². The van der Waals surface area contributed by atoms with Crippen molar-refractivity contribution in [3.8, 4) is 5.69 Å². The third kappa shape index (κ3) is 4.11. The molecular formula is C14H22N6. The Morgan fingerprint density at radius 3 is 2.70 bits per heavy atom. The third-order valence-electron chi connectivity index (χ3n) is 3.15. The number of rotatable bonds is 7. The Morgan fingerprint density at radius 2 is 2.00 bits per heavy atom. The van der Waals surface area contributed by atoms with Crippen LogP contribution in [0.4, 0.5) is 0 Å². The van der Waals surface area contributed by atoms with Gasteiger partial charge in [-0.25, -0.2) is 0 Å². The van der Waals surface area contributed by atoms with Crippen LogP contribution in [-0.2, 0) is 6.54 Å². The molecule has 1 atom stereocenters. The maximum atomic E-state index is 4.09. The van der Waals surface area contributed by atoms with Gasteiger partial charge in [0.25, 0.3) is 0 Å². The molecule has 0 aliphatic carbocycles. The number of aromatic nitrogens is 4. The molecule has 0 amide bonds. The third-order valence-corrected chi connectivity index (χ3v) is 3.15. The highest BCUT2D eigenvalue weighted by Gasteiger charge is 2.09. The summed E-state index contributed by atoms with van der Waals surface area (Å²) in [4.78, 5) is 2.19. The van der Waals surface area contributed by atoms with Crippen molar-refractivity contribution in [2.45, 2.75) is 25.9 Å². The number of nitrogens with one attached hydrogen (secondary N) is 1. The second-order valence-corrected chi connectivity index (χ2v) is 5.22. The lowest BCUT2D eigenvalue weighted by molar-refractivity contribution is 0.364. The minimum Gasteiger partial charge on any atom is -0.309 e. The summed E-state index contributed by atoms with van der Waals surface area (Å²) < 4.78 is 1.77. The van der Waals surface area contributed by atoms with E-state index >= 15 is 0 Å². The summed E-state index contributed by atoms with van der Waals surface area (Å²) in [5.41, 5.74) is 0.982. The van der Waals surface area contributed by atoms with Crippen molar-refractivity contribution in [1.29, 1.82) is 0 Å². The molecule has 20 heavy (non-hydrogen) atoms. The van der Waals surface area contributed by atoms with Gasteiger partial charge in [-0.1, -0.05) is 18.2 Å². The Morgan fingerprint density at radius 1 is 1.25 bits per heavy atom. The highest BCUT2D eigenvalue weighted by Crippen LogP contribution is 2.07. The van der Waals surface area contributed by atoms with Gasteiger partial charge in [-0.2, -0.15) is 4.68 Å². The van der Waals surface area contributed by atoms with E-state index in [9.17, 15) is 0 Å². The SMILES string of the molecule is CC(CCN(C)C)NCc1nnnn1-c1ccccc1. The predicted molar refractivity (Wildman–Crippen MR) is 78.6 cm³/mol. The van der Waals surface area contributed by atoms with Crippen molar-refractivity contribution in [2.24, 2.45) is 0 Å². The molecular weight excluding hydrogens is 252 g/mol. The number of tetrazole rings is 1. The molecule has 1 aromatic heterocycles. The molecule has 6 nitrogen and oxygen atoms in total. The van der Waals surface area contributed by atoms with E-state index in [-0.39, 0.29) is 0 Å². The summed E-state index contributed by atoms with van der Waals surface area (Å²) in [5.74, 6) is 0.827. The molecule has 108 valence electrons. The molecule has 1 heterocycles. The summed E-state index contributed by atoms with van der Waals surface area (Å²) in [7, 11) is 4.17. The summed E-state index contributed by atoms with van der Waals surface area (Å²) in [5, 5.41) is 15.4. The molecule has 2 aromatic rings. The quantitative estimate of drug-likeness (QED) is 0.819. The second kappa shape index (κ2) is 7.12. The van der Waals surface area contributed by atoms with Gasteiger partial charge in [-0.05, 0) is 56.5 Å². The van der Waals surface area contributed by atoms with Crippen LogP contribution in [0.15, 0.2) is 30.3 Å². The van der Waals surface area contributed by atoms with Gasteiger partial charge in [0.15, 0.2) is 5.82 Å². The van der Waals surface area contributed by atoms with Crippen molar-refractivity contribution in [1.82, 2.24) is 30.4 Å². The maximum Gasteiger partial charge on any atom is 0.170 e. The lowest BCUT2D eigenvalue weighted by Crippen LogP contribution is -2.30. The fraction of sp³-hybridized carbons (Fsp3) is 0.500. The largest absolute Gasteiger partial charge is 0.309 e. The van der Waals surface area contributed by atoms with Crippen LogP contribution in [0.5, 0.6) is 0 Å². The van der Waals surface area contributed by atoms with Crippen LogP contribution in [0.2, 0.25) is 0 Å². The highest BCUT2D eigenvalue weighted by molar-refractivity contribution is 5.30. The molecule has 0 fully saturated rings. The zero-order chi connectivity index (χ0) is 14.4. The molecule has 0 radical (unpaired) electrons. The van der Waals surface area contributed by atoms with E-state index in [0.717, 1.165) is 24.5 Å². The number of benzene rings is 1. The zero-order valence-electron chi connectivity index (χ0n) is 12.3. The Kier molecular flexibility index (Phi) is 5.20. The normalized spacial score (nSPS) is 12.8. The average Bonchev–Trinajstić information content (AvgIpc) is 2.92. The summed E-state index contributed by atoms with van der Waals surface area (Å²) in [6.45, 7) is 3.91. The average molecular weight is 274 g/mol. The van der Waals surface area contributed by atoms with Crippen molar-refractivity contribution < 1.29 is 0 Å². The van der Waals surface area contributed by atoms with Crippen molar-refractivity contribution in [2.75, 3.05) is 20.6 Å². The number of para-hydroxylation sites is 1. The molecule has 0 saturated heterocycles. The first-order chi connectivity index (χ1) is 9.66.